The SMILES string of the molecule is Cc1cc(C)c(C(C)NC(C)CC(F)(F)F)c(C)n1. The van der Waals surface area contributed by atoms with Gasteiger partial charge >= 0.3 is 6.18 Å². The molecule has 1 aromatic rings. The lowest BCUT2D eigenvalue weighted by Crippen LogP contribution is -2.33. The van der Waals surface area contributed by atoms with Crippen LogP contribution in [0.3, 0.4) is 0 Å². The van der Waals surface area contributed by atoms with Crippen molar-refractivity contribution >= 4 is 0 Å². The summed E-state index contributed by atoms with van der Waals surface area (Å²) >= 11 is 0. The van der Waals surface area contributed by atoms with E-state index in [1.807, 2.05) is 33.8 Å². The zero-order valence-electron chi connectivity index (χ0n) is 12.0. The molecule has 0 amide bonds. The lowest BCUT2D eigenvalue weighted by atomic mass is 9.99. The Morgan fingerprint density at radius 1 is 1.21 bits per heavy atom. The number of nitrogens with zero attached hydrogens (tertiary/aromatic N) is 1. The number of rotatable bonds is 4. The molecule has 0 fully saturated rings. The van der Waals surface area contributed by atoms with Crippen molar-refractivity contribution in [1.82, 2.24) is 10.3 Å². The highest BCUT2D eigenvalue weighted by atomic mass is 19.4. The molecular formula is C14H21F3N2. The van der Waals surface area contributed by atoms with Crippen LogP contribution >= 0.6 is 0 Å². The van der Waals surface area contributed by atoms with Crippen LogP contribution in [-0.4, -0.2) is 17.2 Å². The predicted molar refractivity (Wildman–Crippen MR) is 70.1 cm³/mol. The smallest absolute Gasteiger partial charge is 0.307 e. The van der Waals surface area contributed by atoms with Crippen molar-refractivity contribution in [2.45, 2.75) is 59.3 Å². The Balaban J connectivity index is 2.81. The number of hydrogen-bond acceptors (Lipinski definition) is 2. The van der Waals surface area contributed by atoms with Gasteiger partial charge in [-0.15, -0.1) is 0 Å². The molecule has 0 spiro atoms. The molecule has 0 aromatic carbocycles. The molecule has 1 aromatic heterocycles. The zero-order valence-corrected chi connectivity index (χ0v) is 12.0. The molecule has 1 heterocycles. The van der Waals surface area contributed by atoms with Gasteiger partial charge in [-0.2, -0.15) is 13.2 Å². The van der Waals surface area contributed by atoms with Gasteiger partial charge in [-0.05, 0) is 51.8 Å². The summed E-state index contributed by atoms with van der Waals surface area (Å²) in [5, 5.41) is 2.99. The van der Waals surface area contributed by atoms with Gasteiger partial charge in [0.2, 0.25) is 0 Å². The fraction of sp³-hybridized carbons (Fsp3) is 0.643. The van der Waals surface area contributed by atoms with E-state index in [1.54, 1.807) is 6.92 Å². The highest BCUT2D eigenvalue weighted by molar-refractivity contribution is 5.33. The van der Waals surface area contributed by atoms with Crippen molar-refractivity contribution < 1.29 is 13.2 Å². The van der Waals surface area contributed by atoms with Crippen LogP contribution < -0.4 is 5.32 Å². The predicted octanol–water partition coefficient (Wildman–Crippen LogP) is 4.00. The normalized spacial score (nSPS) is 15.4. The molecular weight excluding hydrogens is 253 g/mol. The first-order valence-electron chi connectivity index (χ1n) is 6.37. The van der Waals surface area contributed by atoms with Crippen molar-refractivity contribution in [1.29, 1.82) is 0 Å². The van der Waals surface area contributed by atoms with E-state index in [0.29, 0.717) is 0 Å². The Hall–Kier alpha value is -1.10. The highest BCUT2D eigenvalue weighted by Crippen LogP contribution is 2.25. The third-order valence-electron chi connectivity index (χ3n) is 3.09. The van der Waals surface area contributed by atoms with E-state index in [9.17, 15) is 13.2 Å². The van der Waals surface area contributed by atoms with Gasteiger partial charge in [-0.25, -0.2) is 0 Å². The summed E-state index contributed by atoms with van der Waals surface area (Å²) in [5.41, 5.74) is 3.84. The molecule has 0 saturated heterocycles. The van der Waals surface area contributed by atoms with E-state index in [0.717, 1.165) is 22.5 Å². The van der Waals surface area contributed by atoms with Crippen LogP contribution in [0.1, 0.15) is 48.8 Å². The maximum absolute atomic E-state index is 12.3. The molecule has 0 aliphatic carbocycles. The Morgan fingerprint density at radius 3 is 2.26 bits per heavy atom. The molecule has 0 aliphatic rings. The number of pyridine rings is 1. The minimum Gasteiger partial charge on any atom is -0.307 e. The number of hydrogen-bond donors (Lipinski definition) is 1. The van der Waals surface area contributed by atoms with Gasteiger partial charge < -0.3 is 5.32 Å². The fourth-order valence-corrected chi connectivity index (χ4v) is 2.60. The van der Waals surface area contributed by atoms with Crippen molar-refractivity contribution in [2.75, 3.05) is 0 Å². The summed E-state index contributed by atoms with van der Waals surface area (Å²) in [6, 6.07) is 1.19. The Bertz CT molecular complexity index is 418. The largest absolute Gasteiger partial charge is 0.390 e. The van der Waals surface area contributed by atoms with Crippen LogP contribution in [0.2, 0.25) is 0 Å². The van der Waals surface area contributed by atoms with Gasteiger partial charge in [-0.1, -0.05) is 0 Å². The van der Waals surface area contributed by atoms with E-state index in [-0.39, 0.29) is 6.04 Å². The Kier molecular flexibility index (Phi) is 4.96. The molecule has 2 atom stereocenters. The number of aryl methyl sites for hydroxylation is 3. The van der Waals surface area contributed by atoms with Crippen LogP contribution in [0.25, 0.3) is 0 Å². The fourth-order valence-electron chi connectivity index (χ4n) is 2.60. The first kappa shape index (κ1) is 16.0. The zero-order chi connectivity index (χ0) is 14.8. The average molecular weight is 274 g/mol. The summed E-state index contributed by atoms with van der Waals surface area (Å²) in [6.45, 7) is 9.19. The molecule has 0 bridgehead atoms. The van der Waals surface area contributed by atoms with E-state index >= 15 is 0 Å². The molecule has 108 valence electrons. The van der Waals surface area contributed by atoms with Gasteiger partial charge in [0.25, 0.3) is 0 Å². The van der Waals surface area contributed by atoms with E-state index in [2.05, 4.69) is 10.3 Å². The molecule has 2 unspecified atom stereocenters. The number of halogens is 3. The van der Waals surface area contributed by atoms with Gasteiger partial charge in [0.15, 0.2) is 0 Å². The maximum Gasteiger partial charge on any atom is 0.390 e. The van der Waals surface area contributed by atoms with Crippen LogP contribution in [0.5, 0.6) is 0 Å². The molecule has 0 saturated carbocycles. The minimum absolute atomic E-state index is 0.148. The maximum atomic E-state index is 12.3. The topological polar surface area (TPSA) is 24.9 Å². The van der Waals surface area contributed by atoms with E-state index < -0.39 is 18.6 Å². The quantitative estimate of drug-likeness (QED) is 0.897. The summed E-state index contributed by atoms with van der Waals surface area (Å²) in [4.78, 5) is 4.38. The lowest BCUT2D eigenvalue weighted by molar-refractivity contribution is -0.139. The number of aromatic nitrogens is 1. The molecule has 1 rings (SSSR count). The monoisotopic (exact) mass is 274 g/mol. The number of alkyl halides is 3. The second-order valence-corrected chi connectivity index (χ2v) is 5.19. The molecule has 2 nitrogen and oxygen atoms in total. The molecule has 0 aliphatic heterocycles. The molecule has 0 radical (unpaired) electrons. The average Bonchev–Trinajstić information content (AvgIpc) is 2.10. The van der Waals surface area contributed by atoms with Crippen molar-refractivity contribution in [3.63, 3.8) is 0 Å². The Labute approximate surface area is 112 Å². The van der Waals surface area contributed by atoms with Crippen molar-refractivity contribution in [2.24, 2.45) is 0 Å². The first-order valence-corrected chi connectivity index (χ1v) is 6.37. The number of nitrogens with one attached hydrogen (secondary N) is 1. The van der Waals surface area contributed by atoms with E-state index in [1.165, 1.54) is 0 Å². The second-order valence-electron chi connectivity index (χ2n) is 5.19. The van der Waals surface area contributed by atoms with Crippen molar-refractivity contribution in [3.8, 4) is 0 Å². The lowest BCUT2D eigenvalue weighted by Gasteiger charge is -2.24. The van der Waals surface area contributed by atoms with Crippen LogP contribution in [0.15, 0.2) is 6.07 Å². The molecule has 5 heteroatoms. The van der Waals surface area contributed by atoms with Crippen LogP contribution in [0.4, 0.5) is 13.2 Å². The summed E-state index contributed by atoms with van der Waals surface area (Å²) in [7, 11) is 0. The van der Waals surface area contributed by atoms with Crippen LogP contribution in [0, 0.1) is 20.8 Å². The summed E-state index contributed by atoms with van der Waals surface area (Å²) in [6.07, 6.45) is -4.96. The summed E-state index contributed by atoms with van der Waals surface area (Å²) in [5.74, 6) is 0. The van der Waals surface area contributed by atoms with Gasteiger partial charge in [-0.3, -0.25) is 4.98 Å². The van der Waals surface area contributed by atoms with Crippen molar-refractivity contribution in [3.05, 3.63) is 28.6 Å². The van der Waals surface area contributed by atoms with E-state index in [4.69, 9.17) is 0 Å². The van der Waals surface area contributed by atoms with Gasteiger partial charge in [0, 0.05) is 23.5 Å². The van der Waals surface area contributed by atoms with Gasteiger partial charge in [0.05, 0.1) is 6.42 Å². The third kappa shape index (κ3) is 4.82. The minimum atomic E-state index is -4.14. The standard InChI is InChI=1S/C14H21F3N2/c1-8-6-9(2)18-11(4)13(8)12(5)19-10(3)7-14(15,16)17/h6,10,12,19H,7H2,1-5H3. The first-order chi connectivity index (χ1) is 8.60. The highest BCUT2D eigenvalue weighted by Gasteiger charge is 2.30. The molecule has 1 N–H and O–H groups in total. The molecule has 19 heavy (non-hydrogen) atoms. The third-order valence-corrected chi connectivity index (χ3v) is 3.09. The van der Waals surface area contributed by atoms with Gasteiger partial charge in [0.1, 0.15) is 0 Å². The second kappa shape index (κ2) is 5.90. The van der Waals surface area contributed by atoms with Crippen LogP contribution in [-0.2, 0) is 0 Å². The summed E-state index contributed by atoms with van der Waals surface area (Å²) < 4.78 is 37.0. The Morgan fingerprint density at radius 2 is 1.79 bits per heavy atom.